The Kier molecular flexibility index (Phi) is 6.58. The lowest BCUT2D eigenvalue weighted by Crippen LogP contribution is -2.08. The third kappa shape index (κ3) is 4.79. The van der Waals surface area contributed by atoms with Crippen LogP contribution < -0.4 is 0 Å². The van der Waals surface area contributed by atoms with Crippen LogP contribution in [0.25, 0.3) is 11.5 Å². The molecular weight excluding hydrogens is 394 g/mol. The van der Waals surface area contributed by atoms with Gasteiger partial charge in [-0.3, -0.25) is 9.59 Å². The molecule has 0 N–H and O–H groups in total. The lowest BCUT2D eigenvalue weighted by atomic mass is 10.2. The number of carbonyl (C=O) groups is 2. The van der Waals surface area contributed by atoms with E-state index in [0.717, 1.165) is 17.0 Å². The van der Waals surface area contributed by atoms with Crippen molar-refractivity contribution in [3.8, 4) is 11.5 Å². The molecule has 29 heavy (non-hydrogen) atoms. The molecule has 0 amide bonds. The van der Waals surface area contributed by atoms with E-state index in [1.54, 1.807) is 12.3 Å². The van der Waals surface area contributed by atoms with Crippen LogP contribution in [0.3, 0.4) is 0 Å². The Bertz CT molecular complexity index is 1020. The number of hydrogen-bond donors (Lipinski definition) is 0. The summed E-state index contributed by atoms with van der Waals surface area (Å²) in [6.07, 6.45) is 2.57. The summed E-state index contributed by atoms with van der Waals surface area (Å²) in [4.78, 5) is 24.0. The average molecular weight is 417 g/mol. The first kappa shape index (κ1) is 20.9. The molecule has 0 aromatic carbocycles. The summed E-state index contributed by atoms with van der Waals surface area (Å²) in [5.41, 5.74) is 3.28. The molecule has 0 saturated heterocycles. The zero-order chi connectivity index (χ0) is 21.0. The topological polar surface area (TPSA) is 100 Å². The summed E-state index contributed by atoms with van der Waals surface area (Å²) in [5.74, 6) is 1.01. The molecule has 0 fully saturated rings. The number of carbonyl (C=O) groups excluding carboxylic acids is 2. The van der Waals surface area contributed by atoms with Crippen LogP contribution in [0.4, 0.5) is 0 Å². The van der Waals surface area contributed by atoms with Crippen LogP contribution in [0.5, 0.6) is 0 Å². The summed E-state index contributed by atoms with van der Waals surface area (Å²) in [5, 5.41) is 8.34. The van der Waals surface area contributed by atoms with Crippen molar-refractivity contribution in [2.75, 3.05) is 12.9 Å². The standard InChI is InChI=1S/C20H23N3O5S/c1-12-10-16(13(2)23(12)8-5-6-18(25)26-4)17(24)11-29-20-22-21-19(28-20)15-7-9-27-14(15)3/h7,9-10H,5-6,8,11H2,1-4H3. The SMILES string of the molecule is COC(=O)CCCn1c(C)cc(C(=O)CSc2nnc(-c3ccoc3C)o2)c1C. The van der Waals surface area contributed by atoms with Crippen LogP contribution in [0.1, 0.15) is 40.3 Å². The van der Waals surface area contributed by atoms with E-state index in [-0.39, 0.29) is 17.5 Å². The highest BCUT2D eigenvalue weighted by molar-refractivity contribution is 7.99. The van der Waals surface area contributed by atoms with Crippen LogP contribution in [0.2, 0.25) is 0 Å². The number of aromatic nitrogens is 3. The van der Waals surface area contributed by atoms with Gasteiger partial charge < -0.3 is 18.1 Å². The van der Waals surface area contributed by atoms with Crippen LogP contribution in [0, 0.1) is 20.8 Å². The molecule has 3 aromatic heterocycles. The summed E-state index contributed by atoms with van der Waals surface area (Å²) in [6.45, 7) is 6.34. The van der Waals surface area contributed by atoms with Gasteiger partial charge in [-0.25, -0.2) is 0 Å². The molecule has 0 saturated carbocycles. The number of ketones is 1. The molecule has 0 bridgehead atoms. The Morgan fingerprint density at radius 3 is 2.72 bits per heavy atom. The number of rotatable bonds is 9. The normalized spacial score (nSPS) is 11.0. The Balaban J connectivity index is 1.61. The number of hydrogen-bond acceptors (Lipinski definition) is 8. The van der Waals surface area contributed by atoms with Crippen molar-refractivity contribution in [1.29, 1.82) is 0 Å². The van der Waals surface area contributed by atoms with Crippen molar-refractivity contribution >= 4 is 23.5 Å². The van der Waals surface area contributed by atoms with E-state index in [1.807, 2.05) is 31.4 Å². The van der Waals surface area contributed by atoms with Gasteiger partial charge in [0, 0.05) is 29.9 Å². The number of thioether (sulfide) groups is 1. The molecule has 0 spiro atoms. The Labute approximate surface area is 172 Å². The Morgan fingerprint density at radius 2 is 2.03 bits per heavy atom. The van der Waals surface area contributed by atoms with Crippen molar-refractivity contribution in [2.24, 2.45) is 0 Å². The predicted molar refractivity (Wildman–Crippen MR) is 107 cm³/mol. The molecular formula is C20H23N3O5S. The number of nitrogens with zero attached hydrogens (tertiary/aromatic N) is 3. The van der Waals surface area contributed by atoms with Crippen LogP contribution in [-0.4, -0.2) is 39.4 Å². The second-order valence-electron chi connectivity index (χ2n) is 6.59. The van der Waals surface area contributed by atoms with Crippen molar-refractivity contribution in [3.63, 3.8) is 0 Å². The van der Waals surface area contributed by atoms with E-state index >= 15 is 0 Å². The second-order valence-corrected chi connectivity index (χ2v) is 7.52. The molecule has 3 rings (SSSR count). The minimum absolute atomic E-state index is 0.0124. The summed E-state index contributed by atoms with van der Waals surface area (Å²) in [7, 11) is 1.38. The highest BCUT2D eigenvalue weighted by Crippen LogP contribution is 2.27. The lowest BCUT2D eigenvalue weighted by molar-refractivity contribution is -0.140. The summed E-state index contributed by atoms with van der Waals surface area (Å²) < 4.78 is 17.6. The molecule has 9 heteroatoms. The highest BCUT2D eigenvalue weighted by atomic mass is 32.2. The molecule has 0 aliphatic heterocycles. The second kappa shape index (κ2) is 9.13. The van der Waals surface area contributed by atoms with E-state index in [9.17, 15) is 9.59 Å². The number of esters is 1. The first-order valence-corrected chi connectivity index (χ1v) is 10.2. The number of methoxy groups -OCH3 is 1. The molecule has 3 heterocycles. The molecule has 0 unspecified atom stereocenters. The van der Waals surface area contributed by atoms with Crippen molar-refractivity contribution in [1.82, 2.24) is 14.8 Å². The monoisotopic (exact) mass is 417 g/mol. The molecule has 0 atom stereocenters. The smallest absolute Gasteiger partial charge is 0.305 e. The third-order valence-electron chi connectivity index (χ3n) is 4.69. The first-order chi connectivity index (χ1) is 13.9. The van der Waals surface area contributed by atoms with Gasteiger partial charge in [0.15, 0.2) is 5.78 Å². The van der Waals surface area contributed by atoms with Gasteiger partial charge in [0.25, 0.3) is 11.1 Å². The minimum atomic E-state index is -0.232. The first-order valence-electron chi connectivity index (χ1n) is 9.18. The zero-order valence-electron chi connectivity index (χ0n) is 16.9. The Hall–Kier alpha value is -2.81. The number of ether oxygens (including phenoxy) is 1. The van der Waals surface area contributed by atoms with Gasteiger partial charge >= 0.3 is 5.97 Å². The van der Waals surface area contributed by atoms with Gasteiger partial charge in [-0.15, -0.1) is 10.2 Å². The van der Waals surface area contributed by atoms with Gasteiger partial charge in [-0.2, -0.15) is 0 Å². The molecule has 154 valence electrons. The average Bonchev–Trinajstić information content (AvgIpc) is 3.40. The van der Waals surface area contributed by atoms with Crippen molar-refractivity contribution < 1.29 is 23.2 Å². The molecule has 0 aliphatic rings. The Morgan fingerprint density at radius 1 is 1.24 bits per heavy atom. The maximum absolute atomic E-state index is 12.7. The van der Waals surface area contributed by atoms with Crippen molar-refractivity contribution in [3.05, 3.63) is 41.1 Å². The van der Waals surface area contributed by atoms with Gasteiger partial charge in [-0.1, -0.05) is 11.8 Å². The lowest BCUT2D eigenvalue weighted by Gasteiger charge is -2.09. The molecule has 3 aromatic rings. The summed E-state index contributed by atoms with van der Waals surface area (Å²) in [6, 6.07) is 3.64. The van der Waals surface area contributed by atoms with E-state index in [4.69, 9.17) is 8.83 Å². The van der Waals surface area contributed by atoms with Crippen molar-refractivity contribution in [2.45, 2.75) is 45.4 Å². The van der Waals surface area contributed by atoms with Gasteiger partial charge in [-0.05, 0) is 39.3 Å². The van der Waals surface area contributed by atoms with Crippen LogP contribution >= 0.6 is 11.8 Å². The number of aryl methyl sites for hydroxylation is 2. The molecule has 0 radical (unpaired) electrons. The maximum atomic E-state index is 12.7. The number of furan rings is 1. The van der Waals surface area contributed by atoms with Crippen LogP contribution in [0.15, 0.2) is 32.5 Å². The van der Waals surface area contributed by atoms with E-state index < -0.39 is 0 Å². The quantitative estimate of drug-likeness (QED) is 0.293. The van der Waals surface area contributed by atoms with E-state index in [2.05, 4.69) is 14.9 Å². The van der Waals surface area contributed by atoms with E-state index in [0.29, 0.717) is 41.8 Å². The summed E-state index contributed by atoms with van der Waals surface area (Å²) >= 11 is 1.21. The fraction of sp³-hybridized carbons (Fsp3) is 0.400. The largest absolute Gasteiger partial charge is 0.469 e. The number of Topliss-reactive ketones (excluding diaryl/α,β-unsaturated/α-hetero) is 1. The molecule has 8 nitrogen and oxygen atoms in total. The fourth-order valence-corrected chi connectivity index (χ4v) is 3.75. The minimum Gasteiger partial charge on any atom is -0.469 e. The third-order valence-corrected chi connectivity index (χ3v) is 5.51. The van der Waals surface area contributed by atoms with Crippen LogP contribution in [-0.2, 0) is 16.1 Å². The van der Waals surface area contributed by atoms with Gasteiger partial charge in [0.2, 0.25) is 0 Å². The fourth-order valence-electron chi connectivity index (χ4n) is 3.10. The van der Waals surface area contributed by atoms with Gasteiger partial charge in [0.1, 0.15) is 5.76 Å². The van der Waals surface area contributed by atoms with Gasteiger partial charge in [0.05, 0.1) is 24.7 Å². The van der Waals surface area contributed by atoms with E-state index in [1.165, 1.54) is 18.9 Å². The highest BCUT2D eigenvalue weighted by Gasteiger charge is 2.18. The maximum Gasteiger partial charge on any atom is 0.305 e. The predicted octanol–water partition coefficient (Wildman–Crippen LogP) is 3.98. The zero-order valence-corrected chi connectivity index (χ0v) is 17.7. The molecule has 0 aliphatic carbocycles.